The predicted octanol–water partition coefficient (Wildman–Crippen LogP) is 6.86. The lowest BCUT2D eigenvalue weighted by molar-refractivity contribution is 0.732. The SMILES string of the molecule is CCCCN(CC)c1ccc2c(c1)-c1cc(C)c(-c3ccccc3)cc1C2. The molecule has 0 fully saturated rings. The van der Waals surface area contributed by atoms with E-state index in [4.69, 9.17) is 0 Å². The number of hydrogen-bond donors (Lipinski definition) is 0. The lowest BCUT2D eigenvalue weighted by Gasteiger charge is -2.23. The third-order valence-electron chi connectivity index (χ3n) is 5.83. The van der Waals surface area contributed by atoms with Gasteiger partial charge in [0.2, 0.25) is 0 Å². The summed E-state index contributed by atoms with van der Waals surface area (Å²) in [5.74, 6) is 0. The number of hydrogen-bond acceptors (Lipinski definition) is 1. The van der Waals surface area contributed by atoms with Crippen molar-refractivity contribution in [1.29, 1.82) is 0 Å². The van der Waals surface area contributed by atoms with Crippen LogP contribution in [-0.2, 0) is 6.42 Å². The molecule has 4 rings (SSSR count). The van der Waals surface area contributed by atoms with Gasteiger partial charge in [0, 0.05) is 18.8 Å². The highest BCUT2D eigenvalue weighted by Gasteiger charge is 2.21. The molecule has 1 heteroatoms. The van der Waals surface area contributed by atoms with Crippen LogP contribution < -0.4 is 4.90 Å². The number of fused-ring (bicyclic) bond motifs is 3. The molecular formula is C26H29N. The van der Waals surface area contributed by atoms with Crippen LogP contribution in [0.3, 0.4) is 0 Å². The minimum absolute atomic E-state index is 1.05. The Hall–Kier alpha value is -2.54. The second-order valence-electron chi connectivity index (χ2n) is 7.64. The largest absolute Gasteiger partial charge is 0.372 e. The molecule has 1 aliphatic carbocycles. The maximum absolute atomic E-state index is 2.51. The van der Waals surface area contributed by atoms with Crippen LogP contribution in [0.4, 0.5) is 5.69 Å². The van der Waals surface area contributed by atoms with E-state index in [2.05, 4.69) is 86.3 Å². The Kier molecular flexibility index (Phi) is 5.03. The van der Waals surface area contributed by atoms with Gasteiger partial charge >= 0.3 is 0 Å². The Morgan fingerprint density at radius 2 is 1.59 bits per heavy atom. The molecule has 1 aliphatic rings. The van der Waals surface area contributed by atoms with Crippen molar-refractivity contribution in [3.05, 3.63) is 77.4 Å². The van der Waals surface area contributed by atoms with Gasteiger partial charge in [-0.3, -0.25) is 0 Å². The summed E-state index contributed by atoms with van der Waals surface area (Å²) in [6, 6.07) is 22.6. The Morgan fingerprint density at radius 3 is 2.33 bits per heavy atom. The fraction of sp³-hybridized carbons (Fsp3) is 0.308. The molecule has 0 unspecified atom stereocenters. The van der Waals surface area contributed by atoms with Crippen molar-refractivity contribution in [2.45, 2.75) is 40.0 Å². The zero-order chi connectivity index (χ0) is 18.8. The Balaban J connectivity index is 1.72. The van der Waals surface area contributed by atoms with Crippen molar-refractivity contribution in [1.82, 2.24) is 0 Å². The second-order valence-corrected chi connectivity index (χ2v) is 7.64. The summed E-state index contributed by atoms with van der Waals surface area (Å²) in [4.78, 5) is 2.51. The standard InChI is InChI=1S/C26H29N/c1-4-6-14-27(5-2)23-13-12-21-16-22-17-24(20-10-8-7-9-11-20)19(3)15-25(22)26(21)18-23/h7-13,15,17-18H,4-6,14,16H2,1-3H3. The molecule has 0 amide bonds. The van der Waals surface area contributed by atoms with Crippen molar-refractivity contribution in [2.75, 3.05) is 18.0 Å². The maximum atomic E-state index is 2.51. The monoisotopic (exact) mass is 355 g/mol. The first-order valence-corrected chi connectivity index (χ1v) is 10.3. The van der Waals surface area contributed by atoms with Gasteiger partial charge in [-0.25, -0.2) is 0 Å². The van der Waals surface area contributed by atoms with Crippen LogP contribution in [0.2, 0.25) is 0 Å². The molecule has 0 heterocycles. The Bertz CT molecular complexity index is 940. The number of aryl methyl sites for hydroxylation is 1. The third kappa shape index (κ3) is 3.39. The molecule has 0 aliphatic heterocycles. The van der Waals surface area contributed by atoms with E-state index in [9.17, 15) is 0 Å². The van der Waals surface area contributed by atoms with Gasteiger partial charge in [-0.05, 0) is 83.8 Å². The molecule has 0 radical (unpaired) electrons. The van der Waals surface area contributed by atoms with Gasteiger partial charge in [-0.1, -0.05) is 55.8 Å². The summed E-state index contributed by atoms with van der Waals surface area (Å²) >= 11 is 0. The van der Waals surface area contributed by atoms with Crippen LogP contribution >= 0.6 is 0 Å². The van der Waals surface area contributed by atoms with Crippen molar-refractivity contribution in [3.8, 4) is 22.3 Å². The normalized spacial score (nSPS) is 12.0. The zero-order valence-corrected chi connectivity index (χ0v) is 16.8. The smallest absolute Gasteiger partial charge is 0.0372 e. The van der Waals surface area contributed by atoms with Crippen LogP contribution in [0.5, 0.6) is 0 Å². The van der Waals surface area contributed by atoms with E-state index in [1.807, 2.05) is 0 Å². The quantitative estimate of drug-likeness (QED) is 0.365. The van der Waals surface area contributed by atoms with Crippen LogP contribution in [0, 0.1) is 6.92 Å². The summed E-state index contributed by atoms with van der Waals surface area (Å²) in [6.45, 7) is 8.97. The van der Waals surface area contributed by atoms with E-state index in [-0.39, 0.29) is 0 Å². The van der Waals surface area contributed by atoms with E-state index in [0.717, 1.165) is 19.5 Å². The fourth-order valence-electron chi connectivity index (χ4n) is 4.27. The molecule has 1 nitrogen and oxygen atoms in total. The van der Waals surface area contributed by atoms with Crippen molar-refractivity contribution in [2.24, 2.45) is 0 Å². The first-order valence-electron chi connectivity index (χ1n) is 10.3. The Labute approximate surface area is 163 Å². The molecule has 0 spiro atoms. The summed E-state index contributed by atoms with van der Waals surface area (Å²) in [5.41, 5.74) is 11.2. The second kappa shape index (κ2) is 7.60. The van der Waals surface area contributed by atoms with Crippen molar-refractivity contribution in [3.63, 3.8) is 0 Å². The number of unbranched alkanes of at least 4 members (excludes halogenated alkanes) is 1. The topological polar surface area (TPSA) is 3.24 Å². The highest BCUT2D eigenvalue weighted by Crippen LogP contribution is 2.41. The lowest BCUT2D eigenvalue weighted by atomic mass is 9.94. The maximum Gasteiger partial charge on any atom is 0.0372 e. The van der Waals surface area contributed by atoms with Crippen molar-refractivity contribution >= 4 is 5.69 Å². The number of benzene rings is 3. The summed E-state index contributed by atoms with van der Waals surface area (Å²) in [7, 11) is 0. The van der Waals surface area contributed by atoms with E-state index in [0.29, 0.717) is 0 Å². The number of rotatable bonds is 6. The summed E-state index contributed by atoms with van der Waals surface area (Å²) in [5, 5.41) is 0. The fourth-order valence-corrected chi connectivity index (χ4v) is 4.27. The highest BCUT2D eigenvalue weighted by atomic mass is 15.1. The van der Waals surface area contributed by atoms with E-state index < -0.39 is 0 Å². The van der Waals surface area contributed by atoms with E-state index >= 15 is 0 Å². The number of nitrogens with zero attached hydrogens (tertiary/aromatic N) is 1. The molecule has 0 saturated carbocycles. The van der Waals surface area contributed by atoms with Gasteiger partial charge in [0.25, 0.3) is 0 Å². The summed E-state index contributed by atoms with van der Waals surface area (Å²) in [6.07, 6.45) is 3.54. The van der Waals surface area contributed by atoms with Crippen LogP contribution in [-0.4, -0.2) is 13.1 Å². The molecule has 0 N–H and O–H groups in total. The first kappa shape index (κ1) is 17.9. The van der Waals surface area contributed by atoms with Gasteiger partial charge in [-0.2, -0.15) is 0 Å². The first-order chi connectivity index (χ1) is 13.2. The minimum Gasteiger partial charge on any atom is -0.372 e. The Morgan fingerprint density at radius 1 is 0.815 bits per heavy atom. The molecular weight excluding hydrogens is 326 g/mol. The lowest BCUT2D eigenvalue weighted by Crippen LogP contribution is -2.23. The molecule has 0 aromatic heterocycles. The molecule has 3 aromatic carbocycles. The molecule has 0 atom stereocenters. The minimum atomic E-state index is 1.05. The average molecular weight is 356 g/mol. The van der Waals surface area contributed by atoms with E-state index in [1.54, 1.807) is 0 Å². The van der Waals surface area contributed by atoms with Crippen LogP contribution in [0.25, 0.3) is 22.3 Å². The van der Waals surface area contributed by atoms with Gasteiger partial charge in [0.15, 0.2) is 0 Å². The average Bonchev–Trinajstić information content (AvgIpc) is 3.05. The highest BCUT2D eigenvalue weighted by molar-refractivity contribution is 5.83. The molecule has 0 saturated heterocycles. The van der Waals surface area contributed by atoms with Crippen molar-refractivity contribution < 1.29 is 0 Å². The van der Waals surface area contributed by atoms with Gasteiger partial charge < -0.3 is 4.90 Å². The molecule has 3 aromatic rings. The number of anilines is 1. The molecule has 27 heavy (non-hydrogen) atoms. The van der Waals surface area contributed by atoms with Gasteiger partial charge in [-0.15, -0.1) is 0 Å². The summed E-state index contributed by atoms with van der Waals surface area (Å²) < 4.78 is 0. The predicted molar refractivity (Wildman–Crippen MR) is 118 cm³/mol. The van der Waals surface area contributed by atoms with Crippen LogP contribution in [0.15, 0.2) is 60.7 Å². The van der Waals surface area contributed by atoms with Crippen LogP contribution in [0.1, 0.15) is 43.4 Å². The van der Waals surface area contributed by atoms with Gasteiger partial charge in [0.05, 0.1) is 0 Å². The third-order valence-corrected chi connectivity index (χ3v) is 5.83. The molecule has 0 bridgehead atoms. The van der Waals surface area contributed by atoms with Gasteiger partial charge in [0.1, 0.15) is 0 Å². The molecule has 138 valence electrons. The zero-order valence-electron chi connectivity index (χ0n) is 16.8. The van der Waals surface area contributed by atoms with E-state index in [1.165, 1.54) is 57.5 Å².